The molecule has 0 spiro atoms. The Morgan fingerprint density at radius 2 is 1.68 bits per heavy atom. The fourth-order valence-electron chi connectivity index (χ4n) is 3.66. The molecule has 3 rings (SSSR count). The van der Waals surface area contributed by atoms with Crippen molar-refractivity contribution in [3.63, 3.8) is 0 Å². The second-order valence-corrected chi connectivity index (χ2v) is 10.4. The third-order valence-corrected chi connectivity index (χ3v) is 6.33. The number of aromatic nitrogens is 2. The summed E-state index contributed by atoms with van der Waals surface area (Å²) >= 11 is 1.82. The molecule has 206 valence electrons. The number of thiophene rings is 1. The number of nitrogens with zero attached hydrogens (tertiary/aromatic N) is 3. The molecule has 0 aromatic carbocycles. The molecular weight excluding hydrogens is 514 g/mol. The predicted octanol–water partition coefficient (Wildman–Crippen LogP) is 2.69. The number of hydrogen-bond donors (Lipinski definition) is 5. The van der Waals surface area contributed by atoms with Gasteiger partial charge in [0.1, 0.15) is 5.82 Å². The van der Waals surface area contributed by atoms with E-state index in [1.807, 2.05) is 49.7 Å². The van der Waals surface area contributed by atoms with E-state index in [2.05, 4.69) is 45.6 Å². The molecule has 0 fully saturated rings. The summed E-state index contributed by atoms with van der Waals surface area (Å²) in [6.45, 7) is 8.26. The Kier molecular flexibility index (Phi) is 11.1. The van der Waals surface area contributed by atoms with E-state index in [0.29, 0.717) is 6.54 Å². The van der Waals surface area contributed by atoms with Crippen LogP contribution >= 0.6 is 11.3 Å². The summed E-state index contributed by atoms with van der Waals surface area (Å²) in [5, 5.41) is 43.7. The van der Waals surface area contributed by atoms with Crippen LogP contribution in [0.3, 0.4) is 0 Å². The maximum Gasteiger partial charge on any atom is 0.336 e. The molecule has 0 amide bonds. The minimum atomic E-state index is -2.74. The summed E-state index contributed by atoms with van der Waals surface area (Å²) in [4.78, 5) is 39.9. The molecule has 0 radical (unpaired) electrons. The lowest BCUT2D eigenvalue weighted by Crippen LogP contribution is -2.42. The van der Waals surface area contributed by atoms with Crippen molar-refractivity contribution in [3.8, 4) is 5.82 Å². The van der Waals surface area contributed by atoms with Crippen LogP contribution in [0.2, 0.25) is 0 Å². The number of hydrogen-bond acceptors (Lipinski definition) is 8. The fourth-order valence-corrected chi connectivity index (χ4v) is 4.60. The molecule has 5 N–H and O–H groups in total. The highest BCUT2D eigenvalue weighted by molar-refractivity contribution is 7.11. The summed E-state index contributed by atoms with van der Waals surface area (Å²) in [5.74, 6) is -4.09. The minimum Gasteiger partial charge on any atom is -0.481 e. The molecule has 3 heterocycles. The Morgan fingerprint density at radius 3 is 2.16 bits per heavy atom. The smallest absolute Gasteiger partial charge is 0.336 e. The first-order chi connectivity index (χ1) is 17.8. The van der Waals surface area contributed by atoms with Gasteiger partial charge in [-0.05, 0) is 56.7 Å². The molecule has 38 heavy (non-hydrogen) atoms. The second-order valence-electron chi connectivity index (χ2n) is 9.07. The van der Waals surface area contributed by atoms with Gasteiger partial charge in [-0.25, -0.2) is 9.78 Å². The van der Waals surface area contributed by atoms with E-state index in [1.165, 1.54) is 15.4 Å². The number of rotatable bonds is 12. The molecule has 1 unspecified atom stereocenters. The van der Waals surface area contributed by atoms with Gasteiger partial charge in [0.2, 0.25) is 0 Å². The number of aliphatic carboxylic acids is 3. The molecule has 0 bridgehead atoms. The van der Waals surface area contributed by atoms with Crippen molar-refractivity contribution in [3.05, 3.63) is 69.8 Å². The van der Waals surface area contributed by atoms with Crippen LogP contribution < -0.4 is 0 Å². The van der Waals surface area contributed by atoms with E-state index < -0.39 is 36.4 Å². The van der Waals surface area contributed by atoms with E-state index in [9.17, 15) is 19.5 Å². The minimum absolute atomic E-state index is 0.359. The summed E-state index contributed by atoms with van der Waals surface area (Å²) in [5.41, 5.74) is -0.413. The van der Waals surface area contributed by atoms with Gasteiger partial charge >= 0.3 is 17.9 Å². The van der Waals surface area contributed by atoms with Crippen LogP contribution in [-0.2, 0) is 27.5 Å². The van der Waals surface area contributed by atoms with Crippen molar-refractivity contribution in [2.24, 2.45) is 0 Å². The molecule has 3 aromatic heterocycles. The second kappa shape index (κ2) is 13.8. The van der Waals surface area contributed by atoms with E-state index >= 15 is 0 Å². The molecule has 0 aliphatic heterocycles. The topological polar surface area (TPSA) is 173 Å². The van der Waals surface area contributed by atoms with Gasteiger partial charge in [-0.15, -0.1) is 11.3 Å². The zero-order valence-electron chi connectivity index (χ0n) is 21.4. The van der Waals surface area contributed by atoms with E-state index in [1.54, 1.807) is 0 Å². The van der Waals surface area contributed by atoms with Crippen molar-refractivity contribution in [1.29, 1.82) is 0 Å². The van der Waals surface area contributed by atoms with Crippen LogP contribution in [0, 0.1) is 13.8 Å². The van der Waals surface area contributed by atoms with Gasteiger partial charge in [-0.2, -0.15) is 0 Å². The molecule has 0 aliphatic rings. The van der Waals surface area contributed by atoms with Crippen LogP contribution in [0.5, 0.6) is 0 Å². The quantitative estimate of drug-likeness (QED) is 0.227. The zero-order chi connectivity index (χ0) is 28.5. The van der Waals surface area contributed by atoms with Gasteiger partial charge in [0.05, 0.1) is 18.9 Å². The average molecular weight is 548 g/mol. The number of aryl methyl sites for hydroxylation is 2. The van der Waals surface area contributed by atoms with Gasteiger partial charge in [-0.1, -0.05) is 6.07 Å². The zero-order valence-corrected chi connectivity index (χ0v) is 22.3. The number of carboxylic acids is 3. The Labute approximate surface area is 224 Å². The van der Waals surface area contributed by atoms with E-state index in [0.717, 1.165) is 24.5 Å². The molecular formula is C26H33N3O8S. The lowest BCUT2D eigenvalue weighted by Gasteiger charge is -2.24. The lowest BCUT2D eigenvalue weighted by molar-refractivity contribution is -0.170. The van der Waals surface area contributed by atoms with Crippen molar-refractivity contribution in [2.75, 3.05) is 6.54 Å². The Bertz CT molecular complexity index is 1200. The maximum absolute atomic E-state index is 10.3. The number of pyridine rings is 1. The third kappa shape index (κ3) is 9.71. The van der Waals surface area contributed by atoms with Gasteiger partial charge in [0.25, 0.3) is 0 Å². The van der Waals surface area contributed by atoms with Crippen LogP contribution in [0.4, 0.5) is 0 Å². The van der Waals surface area contributed by atoms with E-state index in [-0.39, 0.29) is 6.10 Å². The summed E-state index contributed by atoms with van der Waals surface area (Å²) in [6, 6.07) is 12.6. The number of carbonyl (C=O) groups is 3. The molecule has 3 aromatic rings. The highest BCUT2D eigenvalue weighted by Crippen LogP contribution is 2.20. The normalized spacial score (nSPS) is 12.1. The first-order valence-electron chi connectivity index (χ1n) is 11.7. The number of aliphatic hydroxyl groups excluding tert-OH is 1. The third-order valence-electron chi connectivity index (χ3n) is 5.34. The van der Waals surface area contributed by atoms with Gasteiger partial charge < -0.3 is 30.1 Å². The standard InChI is InChI=1S/C20H25N3OS.C6H8O7/c1-15-6-9-20(21-11-15)23-10-4-5-18(23)13-22(12-16(2)24)14-19-8-7-17(3)25-19;7-3(8)1-6(13,5(11)12)2-4(9)10/h4-11,16,24H,12-14H2,1-3H3;13H,1-2H2,(H,7,8)(H,9,10)(H,11,12). The van der Waals surface area contributed by atoms with Crippen molar-refractivity contribution in [2.45, 2.75) is 58.4 Å². The Hall–Kier alpha value is -3.58. The molecule has 0 saturated carbocycles. The highest BCUT2D eigenvalue weighted by Gasteiger charge is 2.40. The largest absolute Gasteiger partial charge is 0.481 e. The SMILES string of the molecule is Cc1ccc(-n2cccc2CN(Cc2ccc(C)s2)CC(C)O)nc1.O=C(O)CC(O)(CC(=O)O)C(=O)O. The van der Waals surface area contributed by atoms with Crippen LogP contribution in [0.15, 0.2) is 48.8 Å². The van der Waals surface area contributed by atoms with Crippen molar-refractivity contribution in [1.82, 2.24) is 14.5 Å². The Balaban J connectivity index is 0.000000332. The highest BCUT2D eigenvalue weighted by atomic mass is 32.1. The van der Waals surface area contributed by atoms with Gasteiger partial charge in [0, 0.05) is 47.5 Å². The maximum atomic E-state index is 10.3. The van der Waals surface area contributed by atoms with Crippen LogP contribution in [0.1, 0.15) is 40.8 Å². The van der Waals surface area contributed by atoms with Gasteiger partial charge in [-0.3, -0.25) is 14.5 Å². The predicted molar refractivity (Wildman–Crippen MR) is 140 cm³/mol. The van der Waals surface area contributed by atoms with Crippen molar-refractivity contribution >= 4 is 29.2 Å². The number of carboxylic acid groups (broad SMARTS) is 3. The fraction of sp³-hybridized carbons (Fsp3) is 0.385. The number of aliphatic hydroxyl groups is 2. The first kappa shape index (κ1) is 30.6. The molecule has 11 nitrogen and oxygen atoms in total. The lowest BCUT2D eigenvalue weighted by atomic mass is 9.96. The van der Waals surface area contributed by atoms with E-state index in [4.69, 9.17) is 20.4 Å². The average Bonchev–Trinajstić information content (AvgIpc) is 3.41. The van der Waals surface area contributed by atoms with Crippen LogP contribution in [0.25, 0.3) is 5.82 Å². The Morgan fingerprint density at radius 1 is 1.03 bits per heavy atom. The summed E-state index contributed by atoms with van der Waals surface area (Å²) < 4.78 is 2.12. The summed E-state index contributed by atoms with van der Waals surface area (Å²) in [6.07, 6.45) is 1.29. The molecule has 1 atom stereocenters. The first-order valence-corrected chi connectivity index (χ1v) is 12.5. The molecule has 0 saturated heterocycles. The summed E-state index contributed by atoms with van der Waals surface area (Å²) in [7, 11) is 0. The monoisotopic (exact) mass is 547 g/mol. The van der Waals surface area contributed by atoms with Gasteiger partial charge in [0.15, 0.2) is 5.60 Å². The molecule has 12 heteroatoms. The van der Waals surface area contributed by atoms with Crippen LogP contribution in [-0.4, -0.2) is 76.1 Å². The van der Waals surface area contributed by atoms with Crippen molar-refractivity contribution < 1.29 is 39.9 Å². The molecule has 0 aliphatic carbocycles.